The van der Waals surface area contributed by atoms with Gasteiger partial charge in [0.2, 0.25) is 0 Å². The molecule has 1 amide bonds. The summed E-state index contributed by atoms with van der Waals surface area (Å²) in [5.74, 6) is -0.311. The van der Waals surface area contributed by atoms with Crippen LogP contribution in [0.2, 0.25) is 0 Å². The highest BCUT2D eigenvalue weighted by atomic mass is 79.9. The minimum atomic E-state index is -0.521. The zero-order chi connectivity index (χ0) is 14.9. The summed E-state index contributed by atoms with van der Waals surface area (Å²) < 4.78 is 19.5. The Kier molecular flexibility index (Phi) is 4.37. The third-order valence-electron chi connectivity index (χ3n) is 2.89. The van der Waals surface area contributed by atoms with Crippen LogP contribution < -0.4 is 0 Å². The van der Waals surface area contributed by atoms with Gasteiger partial charge in [-0.3, -0.25) is 0 Å². The number of ether oxygens (including phenoxy) is 1. The zero-order valence-corrected chi connectivity index (χ0v) is 13.5. The minimum absolute atomic E-state index is 0.215. The third kappa shape index (κ3) is 4.47. The van der Waals surface area contributed by atoms with Crippen molar-refractivity contribution in [1.82, 2.24) is 4.90 Å². The molecule has 2 rings (SSSR count). The van der Waals surface area contributed by atoms with Crippen molar-refractivity contribution < 1.29 is 13.9 Å². The molecule has 1 aliphatic carbocycles. The molecule has 1 fully saturated rings. The number of carbonyl (C=O) groups is 1. The molecule has 0 unspecified atom stereocenters. The fourth-order valence-corrected chi connectivity index (χ4v) is 2.46. The van der Waals surface area contributed by atoms with Crippen molar-refractivity contribution in [1.29, 1.82) is 0 Å². The Morgan fingerprint density at radius 2 is 2.05 bits per heavy atom. The van der Waals surface area contributed by atoms with Crippen LogP contribution in [0.3, 0.4) is 0 Å². The summed E-state index contributed by atoms with van der Waals surface area (Å²) in [6.07, 6.45) is 1.63. The molecule has 1 saturated carbocycles. The quantitative estimate of drug-likeness (QED) is 0.809. The van der Waals surface area contributed by atoms with Crippen molar-refractivity contribution in [3.05, 3.63) is 34.1 Å². The Labute approximate surface area is 127 Å². The van der Waals surface area contributed by atoms with Crippen LogP contribution in [0.15, 0.2) is 22.7 Å². The van der Waals surface area contributed by atoms with Gasteiger partial charge in [0.1, 0.15) is 11.4 Å². The van der Waals surface area contributed by atoms with E-state index in [0.29, 0.717) is 11.0 Å². The molecule has 1 aliphatic rings. The lowest BCUT2D eigenvalue weighted by atomic mass is 10.2. The summed E-state index contributed by atoms with van der Waals surface area (Å²) in [6.45, 7) is 5.90. The normalized spacial score (nSPS) is 15.1. The van der Waals surface area contributed by atoms with Gasteiger partial charge in [0.05, 0.1) is 0 Å². The van der Waals surface area contributed by atoms with E-state index < -0.39 is 5.60 Å². The van der Waals surface area contributed by atoms with Crippen molar-refractivity contribution >= 4 is 22.0 Å². The molecular weight excluding hydrogens is 325 g/mol. The van der Waals surface area contributed by atoms with E-state index >= 15 is 0 Å². The third-order valence-corrected chi connectivity index (χ3v) is 3.35. The van der Waals surface area contributed by atoms with Gasteiger partial charge in [0.15, 0.2) is 0 Å². The molecule has 1 aromatic carbocycles. The van der Waals surface area contributed by atoms with Gasteiger partial charge in [-0.1, -0.05) is 15.9 Å². The fourth-order valence-electron chi connectivity index (χ4n) is 1.95. The van der Waals surface area contributed by atoms with Gasteiger partial charge >= 0.3 is 6.09 Å². The second-order valence-electron chi connectivity index (χ2n) is 6.12. The molecular formula is C15H19BrFNO2. The number of amides is 1. The van der Waals surface area contributed by atoms with Crippen LogP contribution in [0.4, 0.5) is 9.18 Å². The smallest absolute Gasteiger partial charge is 0.410 e. The van der Waals surface area contributed by atoms with Crippen LogP contribution in [0.1, 0.15) is 39.2 Å². The van der Waals surface area contributed by atoms with Crippen LogP contribution in [0, 0.1) is 5.82 Å². The van der Waals surface area contributed by atoms with Crippen molar-refractivity contribution in [2.75, 3.05) is 0 Å². The van der Waals surface area contributed by atoms with E-state index in [0.717, 1.165) is 18.4 Å². The maximum absolute atomic E-state index is 13.4. The molecule has 20 heavy (non-hydrogen) atoms. The van der Waals surface area contributed by atoms with Crippen LogP contribution in [0.5, 0.6) is 0 Å². The first-order valence-corrected chi connectivity index (χ1v) is 7.48. The average molecular weight is 344 g/mol. The monoisotopic (exact) mass is 343 g/mol. The van der Waals surface area contributed by atoms with Crippen LogP contribution in [-0.4, -0.2) is 22.6 Å². The lowest BCUT2D eigenvalue weighted by Gasteiger charge is -2.27. The van der Waals surface area contributed by atoms with Gasteiger partial charge in [-0.15, -0.1) is 0 Å². The van der Waals surface area contributed by atoms with Gasteiger partial charge < -0.3 is 9.64 Å². The standard InChI is InChI=1S/C15H19BrFNO2/c1-15(2,3)20-14(19)18(13-4-5-13)9-10-6-11(16)8-12(17)7-10/h6-8,13H,4-5,9H2,1-3H3. The fraction of sp³-hybridized carbons (Fsp3) is 0.533. The Morgan fingerprint density at radius 3 is 2.55 bits per heavy atom. The van der Waals surface area contributed by atoms with E-state index in [1.165, 1.54) is 12.1 Å². The molecule has 0 aromatic heterocycles. The summed E-state index contributed by atoms with van der Waals surface area (Å²) in [4.78, 5) is 13.9. The molecule has 5 heteroatoms. The van der Waals surface area contributed by atoms with Crippen molar-refractivity contribution in [3.63, 3.8) is 0 Å². The summed E-state index contributed by atoms with van der Waals surface area (Å²) in [5.41, 5.74) is 0.238. The minimum Gasteiger partial charge on any atom is -0.444 e. The average Bonchev–Trinajstić information content (AvgIpc) is 3.05. The largest absolute Gasteiger partial charge is 0.444 e. The number of hydrogen-bond donors (Lipinski definition) is 0. The van der Waals surface area contributed by atoms with Gasteiger partial charge in [-0.05, 0) is 57.4 Å². The second kappa shape index (κ2) is 5.72. The van der Waals surface area contributed by atoms with E-state index in [-0.39, 0.29) is 18.0 Å². The van der Waals surface area contributed by atoms with E-state index in [4.69, 9.17) is 4.74 Å². The predicted molar refractivity (Wildman–Crippen MR) is 78.9 cm³/mol. The zero-order valence-electron chi connectivity index (χ0n) is 12.0. The first-order chi connectivity index (χ1) is 9.24. The van der Waals surface area contributed by atoms with Crippen LogP contribution in [0.25, 0.3) is 0 Å². The lowest BCUT2D eigenvalue weighted by Crippen LogP contribution is -2.37. The van der Waals surface area contributed by atoms with Crippen LogP contribution in [-0.2, 0) is 11.3 Å². The molecule has 0 aliphatic heterocycles. The SMILES string of the molecule is CC(C)(C)OC(=O)N(Cc1cc(F)cc(Br)c1)C1CC1. The van der Waals surface area contributed by atoms with E-state index in [1.54, 1.807) is 4.90 Å². The van der Waals surface area contributed by atoms with E-state index in [2.05, 4.69) is 15.9 Å². The number of nitrogens with zero attached hydrogens (tertiary/aromatic N) is 1. The number of rotatable bonds is 3. The highest BCUT2D eigenvalue weighted by molar-refractivity contribution is 9.10. The van der Waals surface area contributed by atoms with Gasteiger partial charge in [-0.25, -0.2) is 9.18 Å². The van der Waals surface area contributed by atoms with Crippen molar-refractivity contribution in [2.24, 2.45) is 0 Å². The van der Waals surface area contributed by atoms with Gasteiger partial charge in [0, 0.05) is 17.1 Å². The summed E-state index contributed by atoms with van der Waals surface area (Å²) in [6, 6.07) is 4.89. The molecule has 0 saturated heterocycles. The number of carbonyl (C=O) groups excluding carboxylic acids is 1. The molecule has 0 spiro atoms. The maximum atomic E-state index is 13.4. The lowest BCUT2D eigenvalue weighted by molar-refractivity contribution is 0.0216. The Balaban J connectivity index is 2.11. The maximum Gasteiger partial charge on any atom is 0.410 e. The molecule has 0 atom stereocenters. The van der Waals surface area contributed by atoms with Crippen LogP contribution >= 0.6 is 15.9 Å². The topological polar surface area (TPSA) is 29.5 Å². The number of hydrogen-bond acceptors (Lipinski definition) is 2. The number of benzene rings is 1. The first kappa shape index (κ1) is 15.3. The second-order valence-corrected chi connectivity index (χ2v) is 7.03. The van der Waals surface area contributed by atoms with Crippen molar-refractivity contribution in [3.8, 4) is 0 Å². The molecule has 0 heterocycles. The Morgan fingerprint density at radius 1 is 1.40 bits per heavy atom. The number of halogens is 2. The summed E-state index contributed by atoms with van der Waals surface area (Å²) in [7, 11) is 0. The molecule has 3 nitrogen and oxygen atoms in total. The Bertz CT molecular complexity index is 489. The predicted octanol–water partition coefficient (Wildman–Crippen LogP) is 4.49. The first-order valence-electron chi connectivity index (χ1n) is 6.69. The summed E-state index contributed by atoms with van der Waals surface area (Å²) >= 11 is 3.27. The molecule has 0 bridgehead atoms. The molecule has 0 N–H and O–H groups in total. The van der Waals surface area contributed by atoms with Crippen molar-refractivity contribution in [2.45, 2.75) is 51.8 Å². The Hall–Kier alpha value is -1.10. The molecule has 1 aromatic rings. The van der Waals surface area contributed by atoms with E-state index in [1.807, 2.05) is 26.8 Å². The highest BCUT2D eigenvalue weighted by Gasteiger charge is 2.35. The van der Waals surface area contributed by atoms with Gasteiger partial charge in [0.25, 0.3) is 0 Å². The molecule has 0 radical (unpaired) electrons. The van der Waals surface area contributed by atoms with E-state index in [9.17, 15) is 9.18 Å². The highest BCUT2D eigenvalue weighted by Crippen LogP contribution is 2.30. The molecule has 110 valence electrons. The van der Waals surface area contributed by atoms with Gasteiger partial charge in [-0.2, -0.15) is 0 Å². The summed E-state index contributed by atoms with van der Waals surface area (Å²) in [5, 5.41) is 0.